The highest BCUT2D eigenvalue weighted by Gasteiger charge is 2.52. The molecule has 2 N–H and O–H groups in total. The van der Waals surface area contributed by atoms with Crippen molar-refractivity contribution in [2.75, 3.05) is 19.6 Å². The van der Waals surface area contributed by atoms with Gasteiger partial charge >= 0.3 is 6.03 Å². The molecule has 5 fully saturated rings. The first-order chi connectivity index (χ1) is 10.2. The first kappa shape index (κ1) is 13.9. The molecule has 2 amide bonds. The Morgan fingerprint density at radius 2 is 1.71 bits per heavy atom. The van der Waals surface area contributed by atoms with Crippen molar-refractivity contribution in [1.29, 1.82) is 0 Å². The molecule has 0 aromatic carbocycles. The monoisotopic (exact) mass is 291 g/mol. The van der Waals surface area contributed by atoms with E-state index in [0.29, 0.717) is 6.04 Å². The molecule has 4 nitrogen and oxygen atoms in total. The van der Waals surface area contributed by atoms with Crippen LogP contribution in [0.15, 0.2) is 0 Å². The molecule has 1 aliphatic heterocycles. The summed E-state index contributed by atoms with van der Waals surface area (Å²) in [5.74, 6) is 2.67. The van der Waals surface area contributed by atoms with Crippen LogP contribution in [0.3, 0.4) is 0 Å². The average molecular weight is 291 g/mol. The number of rotatable bonds is 4. The fraction of sp³-hybridized carbons (Fsp3) is 0.941. The third-order valence-corrected chi connectivity index (χ3v) is 6.34. The van der Waals surface area contributed by atoms with Crippen LogP contribution in [-0.4, -0.2) is 42.1 Å². The molecule has 4 aliphatic carbocycles. The van der Waals surface area contributed by atoms with E-state index in [1.54, 1.807) is 0 Å². The summed E-state index contributed by atoms with van der Waals surface area (Å²) in [6, 6.07) is 0.629. The predicted octanol–water partition coefficient (Wildman–Crippen LogP) is 2.35. The number of urea groups is 1. The summed E-state index contributed by atoms with van der Waals surface area (Å²) in [5.41, 5.74) is 0.148. The summed E-state index contributed by atoms with van der Waals surface area (Å²) in [4.78, 5) is 14.9. The van der Waals surface area contributed by atoms with Crippen LogP contribution >= 0.6 is 0 Å². The second-order valence-electron chi connectivity index (χ2n) is 8.13. The molecule has 5 rings (SSSR count). The zero-order chi connectivity index (χ0) is 14.4. The maximum atomic E-state index is 12.8. The summed E-state index contributed by atoms with van der Waals surface area (Å²) in [6.07, 6.45) is 9.07. The van der Waals surface area contributed by atoms with E-state index >= 15 is 0 Å². The molecule has 1 heterocycles. The standard InChI is InChI=1S/C17H29N3O/c1-2-3-20(15-10-18-11-15)16(21)19-17-7-12-4-13(8-17)6-14(5-12)9-17/h12-15,18H,2-11H2,1H3,(H,19,21). The van der Waals surface area contributed by atoms with Gasteiger partial charge in [0.2, 0.25) is 0 Å². The number of nitrogens with zero attached hydrogens (tertiary/aromatic N) is 1. The molecular weight excluding hydrogens is 262 g/mol. The van der Waals surface area contributed by atoms with Crippen molar-refractivity contribution in [2.24, 2.45) is 17.8 Å². The Morgan fingerprint density at radius 1 is 1.14 bits per heavy atom. The zero-order valence-corrected chi connectivity index (χ0v) is 13.2. The van der Waals surface area contributed by atoms with Gasteiger partial charge in [-0.15, -0.1) is 0 Å². The zero-order valence-electron chi connectivity index (χ0n) is 13.2. The second-order valence-corrected chi connectivity index (χ2v) is 8.13. The van der Waals surface area contributed by atoms with Gasteiger partial charge in [-0.3, -0.25) is 0 Å². The largest absolute Gasteiger partial charge is 0.333 e. The Labute approximate surface area is 128 Å². The van der Waals surface area contributed by atoms with Crippen LogP contribution < -0.4 is 10.6 Å². The Balaban J connectivity index is 1.45. The lowest BCUT2D eigenvalue weighted by Crippen LogP contribution is -2.66. The fourth-order valence-electron chi connectivity index (χ4n) is 5.75. The minimum Gasteiger partial charge on any atom is -0.333 e. The number of nitrogens with one attached hydrogen (secondary N) is 2. The summed E-state index contributed by atoms with van der Waals surface area (Å²) in [5, 5.41) is 6.81. The quantitative estimate of drug-likeness (QED) is 0.835. The first-order valence-electron chi connectivity index (χ1n) is 8.97. The van der Waals surface area contributed by atoms with E-state index in [-0.39, 0.29) is 11.6 Å². The molecule has 0 radical (unpaired) electrons. The Bertz CT molecular complexity index is 383. The van der Waals surface area contributed by atoms with Gasteiger partial charge in [0.1, 0.15) is 0 Å². The van der Waals surface area contributed by atoms with Crippen LogP contribution in [0.4, 0.5) is 4.79 Å². The van der Waals surface area contributed by atoms with Crippen LogP contribution in [0.5, 0.6) is 0 Å². The van der Waals surface area contributed by atoms with Gasteiger partial charge in [-0.25, -0.2) is 4.79 Å². The number of hydrogen-bond acceptors (Lipinski definition) is 2. The fourth-order valence-corrected chi connectivity index (χ4v) is 5.75. The Morgan fingerprint density at radius 3 is 2.14 bits per heavy atom. The molecule has 0 unspecified atom stereocenters. The van der Waals surface area contributed by atoms with Crippen molar-refractivity contribution < 1.29 is 4.79 Å². The van der Waals surface area contributed by atoms with Crippen LogP contribution in [0, 0.1) is 17.8 Å². The van der Waals surface area contributed by atoms with Gasteiger partial charge in [0.25, 0.3) is 0 Å². The molecule has 0 aromatic rings. The SMILES string of the molecule is CCCN(C(=O)NC12CC3CC(CC(C3)C1)C2)C1CNC1. The Kier molecular flexibility index (Phi) is 3.40. The third-order valence-electron chi connectivity index (χ3n) is 6.34. The normalized spacial score (nSPS) is 40.9. The number of amides is 2. The highest BCUT2D eigenvalue weighted by molar-refractivity contribution is 5.75. The van der Waals surface area contributed by atoms with E-state index in [4.69, 9.17) is 0 Å². The van der Waals surface area contributed by atoms with Crippen LogP contribution in [0.2, 0.25) is 0 Å². The maximum absolute atomic E-state index is 12.8. The lowest BCUT2D eigenvalue weighted by Gasteiger charge is -2.57. The Hall–Kier alpha value is -0.770. The first-order valence-corrected chi connectivity index (χ1v) is 8.97. The molecule has 0 atom stereocenters. The van der Waals surface area contributed by atoms with Gasteiger partial charge in [0.05, 0.1) is 6.04 Å². The molecule has 0 aromatic heterocycles. The van der Waals surface area contributed by atoms with E-state index in [9.17, 15) is 4.79 Å². The van der Waals surface area contributed by atoms with Crippen LogP contribution in [-0.2, 0) is 0 Å². The lowest BCUT2D eigenvalue weighted by molar-refractivity contribution is -0.0169. The highest BCUT2D eigenvalue weighted by atomic mass is 16.2. The number of hydrogen-bond donors (Lipinski definition) is 2. The highest BCUT2D eigenvalue weighted by Crippen LogP contribution is 2.55. The van der Waals surface area contributed by atoms with Crippen molar-refractivity contribution in [2.45, 2.75) is 63.5 Å². The van der Waals surface area contributed by atoms with Crippen molar-refractivity contribution in [3.8, 4) is 0 Å². The molecule has 4 heteroatoms. The van der Waals surface area contributed by atoms with E-state index in [1.807, 2.05) is 0 Å². The molecule has 5 aliphatic rings. The molecular formula is C17H29N3O. The summed E-state index contributed by atoms with van der Waals surface area (Å²) in [7, 11) is 0. The van der Waals surface area contributed by atoms with Crippen LogP contribution in [0.25, 0.3) is 0 Å². The van der Waals surface area contributed by atoms with Gasteiger partial charge in [0.15, 0.2) is 0 Å². The number of carbonyl (C=O) groups is 1. The summed E-state index contributed by atoms with van der Waals surface area (Å²) >= 11 is 0. The van der Waals surface area contributed by atoms with E-state index in [2.05, 4.69) is 22.5 Å². The van der Waals surface area contributed by atoms with Gasteiger partial charge in [0, 0.05) is 25.2 Å². The van der Waals surface area contributed by atoms with E-state index < -0.39 is 0 Å². The van der Waals surface area contributed by atoms with Gasteiger partial charge < -0.3 is 15.5 Å². The van der Waals surface area contributed by atoms with E-state index in [1.165, 1.54) is 38.5 Å². The van der Waals surface area contributed by atoms with Crippen LogP contribution in [0.1, 0.15) is 51.9 Å². The van der Waals surface area contributed by atoms with Gasteiger partial charge in [-0.05, 0) is 62.7 Å². The van der Waals surface area contributed by atoms with Gasteiger partial charge in [-0.2, -0.15) is 0 Å². The molecule has 21 heavy (non-hydrogen) atoms. The average Bonchev–Trinajstić information content (AvgIpc) is 2.33. The second kappa shape index (κ2) is 5.15. The van der Waals surface area contributed by atoms with Crippen molar-refractivity contribution in [3.63, 3.8) is 0 Å². The van der Waals surface area contributed by atoms with Crippen molar-refractivity contribution in [1.82, 2.24) is 15.5 Å². The van der Waals surface area contributed by atoms with Crippen molar-refractivity contribution >= 4 is 6.03 Å². The maximum Gasteiger partial charge on any atom is 0.318 e. The molecule has 1 saturated heterocycles. The minimum absolute atomic E-state index is 0.148. The third kappa shape index (κ3) is 2.45. The predicted molar refractivity (Wildman–Crippen MR) is 83.1 cm³/mol. The summed E-state index contributed by atoms with van der Waals surface area (Å²) < 4.78 is 0. The molecule has 118 valence electrons. The van der Waals surface area contributed by atoms with E-state index in [0.717, 1.165) is 43.8 Å². The lowest BCUT2D eigenvalue weighted by atomic mass is 9.53. The molecule has 4 saturated carbocycles. The summed E-state index contributed by atoms with van der Waals surface area (Å²) in [6.45, 7) is 4.99. The van der Waals surface area contributed by atoms with Gasteiger partial charge in [-0.1, -0.05) is 6.92 Å². The number of carbonyl (C=O) groups excluding carboxylic acids is 1. The topological polar surface area (TPSA) is 44.4 Å². The van der Waals surface area contributed by atoms with Crippen molar-refractivity contribution in [3.05, 3.63) is 0 Å². The molecule has 4 bridgehead atoms. The minimum atomic E-state index is 0.148. The smallest absolute Gasteiger partial charge is 0.318 e. The molecule has 0 spiro atoms.